The van der Waals surface area contributed by atoms with Crippen LogP contribution >= 0.6 is 11.3 Å². The highest BCUT2D eigenvalue weighted by Crippen LogP contribution is 2.26. The minimum atomic E-state index is -3.88. The highest BCUT2D eigenvalue weighted by molar-refractivity contribution is 7.93. The third kappa shape index (κ3) is 8.42. The summed E-state index contributed by atoms with van der Waals surface area (Å²) in [6.45, 7) is 5.47. The topological polar surface area (TPSA) is 131 Å². The number of anilines is 2. The molecule has 0 radical (unpaired) electrons. The molecule has 2 aromatic rings. The van der Waals surface area contributed by atoms with E-state index in [0.29, 0.717) is 5.69 Å². The van der Waals surface area contributed by atoms with Crippen LogP contribution in [0.5, 0.6) is 5.19 Å². The first kappa shape index (κ1) is 25.0. The van der Waals surface area contributed by atoms with Gasteiger partial charge in [-0.05, 0) is 48.9 Å². The van der Waals surface area contributed by atoms with Crippen molar-refractivity contribution < 1.29 is 23.1 Å². The zero-order chi connectivity index (χ0) is 22.9. The largest absolute Gasteiger partial charge is 0.439 e. The molecule has 3 N–H and O–H groups in total. The molecular formula is C20H30N4O5S2. The Kier molecular flexibility index (Phi) is 9.66. The highest BCUT2D eigenvalue weighted by atomic mass is 32.2. The molecule has 0 saturated heterocycles. The molecule has 1 aromatic heterocycles. The fourth-order valence-electron chi connectivity index (χ4n) is 2.79. The van der Waals surface area contributed by atoms with Crippen LogP contribution in [-0.4, -0.2) is 35.9 Å². The van der Waals surface area contributed by atoms with Gasteiger partial charge in [0, 0.05) is 11.6 Å². The number of benzene rings is 1. The molecule has 172 valence electrons. The van der Waals surface area contributed by atoms with Crippen LogP contribution < -0.4 is 14.8 Å². The van der Waals surface area contributed by atoms with Crippen molar-refractivity contribution >= 4 is 38.1 Å². The van der Waals surface area contributed by atoms with Crippen molar-refractivity contribution in [3.8, 4) is 5.19 Å². The molecule has 2 atom stereocenters. The van der Waals surface area contributed by atoms with Crippen LogP contribution in [0.3, 0.4) is 0 Å². The molecule has 11 heteroatoms. The van der Waals surface area contributed by atoms with Crippen LogP contribution in [0.4, 0.5) is 10.8 Å². The normalized spacial score (nSPS) is 13.4. The Hall–Kier alpha value is -2.24. The van der Waals surface area contributed by atoms with E-state index in [1.54, 1.807) is 12.1 Å². The number of rotatable bonds is 13. The van der Waals surface area contributed by atoms with E-state index in [2.05, 4.69) is 27.2 Å². The van der Waals surface area contributed by atoms with Crippen molar-refractivity contribution in [1.82, 2.24) is 10.2 Å². The Morgan fingerprint density at radius 2 is 1.81 bits per heavy atom. The maximum Gasteiger partial charge on any atom is 0.298 e. The van der Waals surface area contributed by atoms with Gasteiger partial charge >= 0.3 is 0 Å². The fraction of sp³-hybridized carbons (Fsp3) is 0.550. The average molecular weight is 471 g/mol. The summed E-state index contributed by atoms with van der Waals surface area (Å²) in [6, 6.07) is 5.90. The molecule has 0 fully saturated rings. The maximum atomic E-state index is 12.5. The molecule has 0 aliphatic carbocycles. The predicted molar refractivity (Wildman–Crippen MR) is 121 cm³/mol. The summed E-state index contributed by atoms with van der Waals surface area (Å²) in [5.74, 6) is -0.189. The van der Waals surface area contributed by atoms with E-state index in [1.165, 1.54) is 38.3 Å². The molecule has 31 heavy (non-hydrogen) atoms. The van der Waals surface area contributed by atoms with Gasteiger partial charge in [0.05, 0.1) is 4.90 Å². The molecule has 0 aliphatic heterocycles. The lowest BCUT2D eigenvalue weighted by molar-refractivity contribution is -0.119. The predicted octanol–water partition coefficient (Wildman–Crippen LogP) is 3.99. The Balaban J connectivity index is 1.89. The van der Waals surface area contributed by atoms with Crippen LogP contribution in [0.15, 0.2) is 29.2 Å². The van der Waals surface area contributed by atoms with E-state index in [1.807, 2.05) is 6.92 Å². The molecule has 1 amide bonds. The zero-order valence-corrected chi connectivity index (χ0v) is 19.6. The van der Waals surface area contributed by atoms with E-state index in [0.717, 1.165) is 30.6 Å². The number of aliphatic hydroxyl groups excluding tert-OH is 1. The summed E-state index contributed by atoms with van der Waals surface area (Å²) < 4.78 is 32.3. The molecule has 9 nitrogen and oxygen atoms in total. The number of sulfonamides is 1. The van der Waals surface area contributed by atoms with E-state index < -0.39 is 16.3 Å². The number of nitrogens with zero attached hydrogens (tertiary/aromatic N) is 2. The summed E-state index contributed by atoms with van der Waals surface area (Å²) in [6.07, 6.45) is 5.51. The van der Waals surface area contributed by atoms with Crippen LogP contribution in [-0.2, 0) is 14.8 Å². The van der Waals surface area contributed by atoms with Gasteiger partial charge in [-0.25, -0.2) is 8.42 Å². The molecule has 0 bridgehead atoms. The van der Waals surface area contributed by atoms with Gasteiger partial charge in [-0.3, -0.25) is 9.52 Å². The zero-order valence-electron chi connectivity index (χ0n) is 18.0. The average Bonchev–Trinajstić information content (AvgIpc) is 3.13. The van der Waals surface area contributed by atoms with Crippen molar-refractivity contribution in [2.24, 2.45) is 5.92 Å². The number of unbranched alkanes of at least 4 members (excludes halogenated alkanes) is 4. The van der Waals surface area contributed by atoms with Crippen molar-refractivity contribution in [3.63, 3.8) is 0 Å². The second-order valence-corrected chi connectivity index (χ2v) is 9.94. The third-order valence-corrected chi connectivity index (χ3v) is 6.73. The first-order chi connectivity index (χ1) is 14.7. The van der Waals surface area contributed by atoms with Crippen molar-refractivity contribution in [1.29, 1.82) is 0 Å². The number of amides is 1. The van der Waals surface area contributed by atoms with E-state index in [9.17, 15) is 13.2 Å². The molecule has 0 aliphatic rings. The molecule has 1 heterocycles. The minimum absolute atomic E-state index is 0.0146. The Bertz CT molecular complexity index is 929. The third-order valence-electron chi connectivity index (χ3n) is 4.52. The first-order valence-corrected chi connectivity index (χ1v) is 12.6. The van der Waals surface area contributed by atoms with E-state index >= 15 is 0 Å². The summed E-state index contributed by atoms with van der Waals surface area (Å²) >= 11 is 0.856. The summed E-state index contributed by atoms with van der Waals surface area (Å²) in [5, 5.41) is 19.4. The Labute approximate surface area is 187 Å². The summed E-state index contributed by atoms with van der Waals surface area (Å²) in [4.78, 5) is 12.4. The molecule has 0 spiro atoms. The monoisotopic (exact) mass is 470 g/mol. The first-order valence-electron chi connectivity index (χ1n) is 10.3. The number of aromatic nitrogens is 2. The second-order valence-electron chi connectivity index (χ2n) is 7.31. The van der Waals surface area contributed by atoms with Gasteiger partial charge in [0.15, 0.2) is 6.29 Å². The number of hydrogen-bond donors (Lipinski definition) is 3. The number of nitrogens with one attached hydrogen (secondary N) is 2. The minimum Gasteiger partial charge on any atom is -0.439 e. The number of carbonyl (C=O) groups excluding carboxylic acids is 1. The lowest BCUT2D eigenvalue weighted by atomic mass is 10.0. The van der Waals surface area contributed by atoms with Gasteiger partial charge in [-0.2, -0.15) is 0 Å². The number of hydrogen-bond acceptors (Lipinski definition) is 8. The molecule has 1 aromatic carbocycles. The van der Waals surface area contributed by atoms with Gasteiger partial charge in [0.25, 0.3) is 15.2 Å². The highest BCUT2D eigenvalue weighted by Gasteiger charge is 2.18. The van der Waals surface area contributed by atoms with Crippen LogP contribution in [0.2, 0.25) is 0 Å². The van der Waals surface area contributed by atoms with E-state index in [-0.39, 0.29) is 27.0 Å². The maximum absolute atomic E-state index is 12.5. The molecule has 2 unspecified atom stereocenters. The van der Waals surface area contributed by atoms with Crippen molar-refractivity contribution in [2.45, 2.75) is 70.5 Å². The standard InChI is InChI=1S/C20H30N4O5S2/c1-4-5-6-7-8-9-14(2)18(26)21-16-10-12-17(13-11-16)31(27,28)24-19-22-23-20(30-19)29-15(3)25/h10-15,25H,4-9H2,1-3H3,(H,21,26)(H,22,24). The number of aliphatic hydroxyl groups is 1. The Morgan fingerprint density at radius 3 is 2.45 bits per heavy atom. The van der Waals surface area contributed by atoms with E-state index in [4.69, 9.17) is 9.84 Å². The van der Waals surface area contributed by atoms with Gasteiger partial charge < -0.3 is 15.2 Å². The SMILES string of the molecule is CCCCCCCC(C)C(=O)Nc1ccc(S(=O)(=O)Nc2nnc(OC(C)O)s2)cc1. The lowest BCUT2D eigenvalue weighted by Crippen LogP contribution is -2.20. The molecule has 0 saturated carbocycles. The van der Waals surface area contributed by atoms with Crippen molar-refractivity contribution in [2.75, 3.05) is 10.0 Å². The summed E-state index contributed by atoms with van der Waals surface area (Å²) in [5.41, 5.74) is 0.533. The number of carbonyl (C=O) groups is 1. The lowest BCUT2D eigenvalue weighted by Gasteiger charge is -2.12. The number of ether oxygens (including phenoxy) is 1. The van der Waals surface area contributed by atoms with Gasteiger partial charge in [-0.15, -0.1) is 5.10 Å². The Morgan fingerprint density at radius 1 is 1.13 bits per heavy atom. The fourth-order valence-corrected chi connectivity index (χ4v) is 4.68. The molecular weight excluding hydrogens is 440 g/mol. The van der Waals surface area contributed by atoms with Crippen LogP contribution in [0.1, 0.15) is 59.3 Å². The van der Waals surface area contributed by atoms with Crippen LogP contribution in [0, 0.1) is 5.92 Å². The quantitative estimate of drug-likeness (QED) is 0.298. The van der Waals surface area contributed by atoms with Crippen molar-refractivity contribution in [3.05, 3.63) is 24.3 Å². The van der Waals surface area contributed by atoms with Gasteiger partial charge in [0.1, 0.15) is 0 Å². The van der Waals surface area contributed by atoms with Gasteiger partial charge in [0.2, 0.25) is 11.0 Å². The molecule has 2 rings (SSSR count). The smallest absolute Gasteiger partial charge is 0.298 e. The van der Waals surface area contributed by atoms with Crippen LogP contribution in [0.25, 0.3) is 0 Å². The van der Waals surface area contributed by atoms with Gasteiger partial charge in [-0.1, -0.05) is 51.1 Å². The summed E-state index contributed by atoms with van der Waals surface area (Å²) in [7, 11) is -3.88. The second kappa shape index (κ2) is 12.0.